The predicted octanol–water partition coefficient (Wildman–Crippen LogP) is 2.67. The zero-order valence-corrected chi connectivity index (χ0v) is 13.8. The minimum absolute atomic E-state index is 0.0403. The Morgan fingerprint density at radius 3 is 2.80 bits per heavy atom. The van der Waals surface area contributed by atoms with Gasteiger partial charge in [0.15, 0.2) is 23.2 Å². The number of hydrogen-bond donors (Lipinski definition) is 0. The van der Waals surface area contributed by atoms with Crippen molar-refractivity contribution >= 4 is 16.9 Å². The number of amides is 1. The molecule has 3 aromatic rings. The number of aromatic nitrogens is 1. The molecule has 0 fully saturated rings. The number of carbonyl (C=O) groups is 1. The Morgan fingerprint density at radius 1 is 1.16 bits per heavy atom. The Morgan fingerprint density at radius 2 is 1.92 bits per heavy atom. The summed E-state index contributed by atoms with van der Waals surface area (Å²) in [6, 6.07) is 15.1. The van der Waals surface area contributed by atoms with Crippen molar-refractivity contribution in [1.82, 2.24) is 10.1 Å². The Bertz CT molecular complexity index is 905. The van der Waals surface area contributed by atoms with Crippen molar-refractivity contribution in [2.75, 3.05) is 20.2 Å². The third-order valence-corrected chi connectivity index (χ3v) is 4.24. The van der Waals surface area contributed by atoms with Gasteiger partial charge < -0.3 is 18.9 Å². The monoisotopic (exact) mass is 338 g/mol. The van der Waals surface area contributed by atoms with E-state index < -0.39 is 0 Å². The predicted molar refractivity (Wildman–Crippen MR) is 91.7 cm³/mol. The van der Waals surface area contributed by atoms with Crippen molar-refractivity contribution in [1.29, 1.82) is 0 Å². The largest absolute Gasteiger partial charge is 0.486 e. The first kappa shape index (κ1) is 15.5. The lowest BCUT2D eigenvalue weighted by atomic mass is 10.1. The first-order valence-electron chi connectivity index (χ1n) is 8.16. The maximum absolute atomic E-state index is 12.5. The number of rotatable bonds is 4. The molecule has 0 radical (unpaired) electrons. The van der Waals surface area contributed by atoms with Crippen molar-refractivity contribution in [3.63, 3.8) is 0 Å². The van der Waals surface area contributed by atoms with Crippen LogP contribution in [0.25, 0.3) is 11.0 Å². The summed E-state index contributed by atoms with van der Waals surface area (Å²) in [7, 11) is 1.76. The van der Waals surface area contributed by atoms with Gasteiger partial charge in [-0.2, -0.15) is 0 Å². The second-order valence-corrected chi connectivity index (χ2v) is 6.07. The standard InChI is InChI=1S/C19H18N2O4/c1-21(11-13-12-23-17-8-4-5-9-18(17)24-13)19(22)10-15-14-6-2-3-7-16(14)25-20-15/h2-9,13H,10-12H2,1H3/t13-/m0/s1. The lowest BCUT2D eigenvalue weighted by Crippen LogP contribution is -2.42. The first-order chi connectivity index (χ1) is 12.2. The third kappa shape index (κ3) is 3.15. The summed E-state index contributed by atoms with van der Waals surface area (Å²) in [5.74, 6) is 1.41. The molecule has 0 saturated heterocycles. The Labute approximate surface area is 144 Å². The van der Waals surface area contributed by atoms with Crippen LogP contribution in [0, 0.1) is 0 Å². The maximum Gasteiger partial charge on any atom is 0.228 e. The third-order valence-electron chi connectivity index (χ3n) is 4.24. The molecule has 4 rings (SSSR count). The number of hydrogen-bond acceptors (Lipinski definition) is 5. The van der Waals surface area contributed by atoms with Gasteiger partial charge in [0.25, 0.3) is 0 Å². The van der Waals surface area contributed by atoms with Gasteiger partial charge in [0.2, 0.25) is 5.91 Å². The zero-order valence-electron chi connectivity index (χ0n) is 13.8. The Hall–Kier alpha value is -3.02. The molecule has 1 aromatic heterocycles. The van der Waals surface area contributed by atoms with E-state index in [9.17, 15) is 4.79 Å². The lowest BCUT2D eigenvalue weighted by Gasteiger charge is -2.29. The molecule has 2 heterocycles. The number of carbonyl (C=O) groups excluding carboxylic acids is 1. The smallest absolute Gasteiger partial charge is 0.228 e. The number of benzene rings is 2. The highest BCUT2D eigenvalue weighted by Gasteiger charge is 2.24. The molecular weight excluding hydrogens is 320 g/mol. The van der Waals surface area contributed by atoms with Gasteiger partial charge in [-0.1, -0.05) is 29.4 Å². The van der Waals surface area contributed by atoms with Crippen LogP contribution in [0.15, 0.2) is 53.1 Å². The first-order valence-corrected chi connectivity index (χ1v) is 8.16. The molecule has 1 aliphatic heterocycles. The zero-order chi connectivity index (χ0) is 17.2. The molecular formula is C19H18N2O4. The van der Waals surface area contributed by atoms with Crippen LogP contribution in [0.1, 0.15) is 5.69 Å². The number of para-hydroxylation sites is 3. The maximum atomic E-state index is 12.5. The van der Waals surface area contributed by atoms with Gasteiger partial charge in [0.05, 0.1) is 13.0 Å². The number of nitrogens with zero attached hydrogens (tertiary/aromatic N) is 2. The molecule has 0 spiro atoms. The topological polar surface area (TPSA) is 64.8 Å². The normalized spacial score (nSPS) is 16.0. The molecule has 0 aliphatic carbocycles. The molecule has 6 heteroatoms. The molecule has 1 amide bonds. The van der Waals surface area contributed by atoms with E-state index >= 15 is 0 Å². The van der Waals surface area contributed by atoms with E-state index in [0.717, 1.165) is 11.1 Å². The van der Waals surface area contributed by atoms with Crippen molar-refractivity contribution in [2.45, 2.75) is 12.5 Å². The Balaban J connectivity index is 1.40. The molecule has 0 N–H and O–H groups in total. The van der Waals surface area contributed by atoms with Crippen LogP contribution < -0.4 is 9.47 Å². The van der Waals surface area contributed by atoms with Crippen LogP contribution in [0.3, 0.4) is 0 Å². The van der Waals surface area contributed by atoms with Crippen LogP contribution in [-0.4, -0.2) is 42.3 Å². The summed E-state index contributed by atoms with van der Waals surface area (Å²) in [5.41, 5.74) is 1.34. The average molecular weight is 338 g/mol. The van der Waals surface area contributed by atoms with Crippen LogP contribution in [-0.2, 0) is 11.2 Å². The van der Waals surface area contributed by atoms with Gasteiger partial charge in [0, 0.05) is 12.4 Å². The summed E-state index contributed by atoms with van der Waals surface area (Å²) in [6.07, 6.45) is -0.00425. The summed E-state index contributed by atoms with van der Waals surface area (Å²) in [5, 5.41) is 4.89. The van der Waals surface area contributed by atoms with Crippen LogP contribution in [0.5, 0.6) is 11.5 Å². The van der Waals surface area contributed by atoms with E-state index in [4.69, 9.17) is 14.0 Å². The second-order valence-electron chi connectivity index (χ2n) is 6.07. The van der Waals surface area contributed by atoms with Gasteiger partial charge in [0.1, 0.15) is 12.3 Å². The summed E-state index contributed by atoms with van der Waals surface area (Å²) in [4.78, 5) is 14.2. The summed E-state index contributed by atoms with van der Waals surface area (Å²) < 4.78 is 16.8. The highest BCUT2D eigenvalue weighted by atomic mass is 16.6. The fourth-order valence-corrected chi connectivity index (χ4v) is 2.90. The quantitative estimate of drug-likeness (QED) is 0.732. The highest BCUT2D eigenvalue weighted by Crippen LogP contribution is 2.31. The van der Waals surface area contributed by atoms with E-state index in [1.807, 2.05) is 48.5 Å². The van der Waals surface area contributed by atoms with E-state index in [1.165, 1.54) is 0 Å². The molecule has 0 saturated carbocycles. The SMILES string of the molecule is CN(C[C@H]1COc2ccccc2O1)C(=O)Cc1noc2ccccc12. The fourth-order valence-electron chi connectivity index (χ4n) is 2.90. The molecule has 25 heavy (non-hydrogen) atoms. The molecule has 1 atom stereocenters. The van der Waals surface area contributed by atoms with Crippen molar-refractivity contribution in [3.8, 4) is 11.5 Å². The van der Waals surface area contributed by atoms with Crippen LogP contribution >= 0.6 is 0 Å². The van der Waals surface area contributed by atoms with E-state index in [1.54, 1.807) is 11.9 Å². The number of fused-ring (bicyclic) bond motifs is 2. The second kappa shape index (κ2) is 6.47. The number of ether oxygens (including phenoxy) is 2. The lowest BCUT2D eigenvalue weighted by molar-refractivity contribution is -0.130. The minimum Gasteiger partial charge on any atom is -0.486 e. The van der Waals surface area contributed by atoms with E-state index in [-0.39, 0.29) is 18.4 Å². The van der Waals surface area contributed by atoms with E-state index in [0.29, 0.717) is 30.2 Å². The summed E-state index contributed by atoms with van der Waals surface area (Å²) in [6.45, 7) is 0.866. The summed E-state index contributed by atoms with van der Waals surface area (Å²) >= 11 is 0. The van der Waals surface area contributed by atoms with Crippen LogP contribution in [0.2, 0.25) is 0 Å². The van der Waals surface area contributed by atoms with Gasteiger partial charge in [-0.25, -0.2) is 0 Å². The van der Waals surface area contributed by atoms with E-state index in [2.05, 4.69) is 5.16 Å². The van der Waals surface area contributed by atoms with Crippen molar-refractivity contribution in [3.05, 3.63) is 54.2 Å². The van der Waals surface area contributed by atoms with Gasteiger partial charge in [-0.05, 0) is 24.3 Å². The molecule has 1 aliphatic rings. The highest BCUT2D eigenvalue weighted by molar-refractivity contribution is 5.86. The van der Waals surface area contributed by atoms with Crippen molar-refractivity contribution in [2.24, 2.45) is 0 Å². The Kier molecular flexibility index (Phi) is 4.01. The van der Waals surface area contributed by atoms with Gasteiger partial charge in [-0.15, -0.1) is 0 Å². The molecule has 2 aromatic carbocycles. The van der Waals surface area contributed by atoms with Gasteiger partial charge >= 0.3 is 0 Å². The molecule has 0 bridgehead atoms. The fraction of sp³-hybridized carbons (Fsp3) is 0.263. The molecule has 6 nitrogen and oxygen atoms in total. The number of likely N-dealkylation sites (N-methyl/N-ethyl adjacent to an activating group) is 1. The van der Waals surface area contributed by atoms with Crippen LogP contribution in [0.4, 0.5) is 0 Å². The van der Waals surface area contributed by atoms with Gasteiger partial charge in [-0.3, -0.25) is 4.79 Å². The average Bonchev–Trinajstić information content (AvgIpc) is 3.04. The molecule has 0 unspecified atom stereocenters. The van der Waals surface area contributed by atoms with Crippen molar-refractivity contribution < 1.29 is 18.8 Å². The minimum atomic E-state index is -0.196. The molecule has 128 valence electrons.